The minimum atomic E-state index is -0.531. The lowest BCUT2D eigenvalue weighted by molar-refractivity contribution is 0.0982. The van der Waals surface area contributed by atoms with Gasteiger partial charge in [0, 0.05) is 11.0 Å². The van der Waals surface area contributed by atoms with Crippen LogP contribution in [0, 0.1) is 5.82 Å². The number of halogens is 2. The van der Waals surface area contributed by atoms with Gasteiger partial charge in [-0.3, -0.25) is 4.79 Å². The third-order valence-corrected chi connectivity index (χ3v) is 4.02. The molecule has 21 heavy (non-hydrogen) atoms. The Balaban J connectivity index is 2.06. The lowest BCUT2D eigenvalue weighted by Crippen LogP contribution is -2.32. The Morgan fingerprint density at radius 2 is 2.00 bits per heavy atom. The number of ether oxygens (including phenoxy) is 1. The maximum atomic E-state index is 14.0. The molecule has 0 aliphatic carbocycles. The summed E-state index contributed by atoms with van der Waals surface area (Å²) in [7, 11) is 0. The zero-order valence-corrected chi connectivity index (χ0v) is 12.8. The lowest BCUT2D eigenvalue weighted by Gasteiger charge is -2.22. The quantitative estimate of drug-likeness (QED) is 0.778. The molecule has 0 fully saturated rings. The van der Waals surface area contributed by atoms with E-state index in [1.807, 2.05) is 24.3 Å². The predicted octanol–water partition coefficient (Wildman–Crippen LogP) is 4.02. The van der Waals surface area contributed by atoms with Crippen molar-refractivity contribution in [1.29, 1.82) is 0 Å². The van der Waals surface area contributed by atoms with Crippen LogP contribution in [0.25, 0.3) is 0 Å². The number of carbonyl (C=O) groups is 1. The SMILES string of the molecule is O=C(c1c(F)cccc1Br)N1CCCOc2ccccc21. The van der Waals surface area contributed by atoms with E-state index in [1.165, 1.54) is 6.07 Å². The van der Waals surface area contributed by atoms with E-state index >= 15 is 0 Å². The van der Waals surface area contributed by atoms with Gasteiger partial charge < -0.3 is 9.64 Å². The molecule has 3 rings (SSSR count). The third-order valence-electron chi connectivity index (χ3n) is 3.36. The summed E-state index contributed by atoms with van der Waals surface area (Å²) in [5.41, 5.74) is 0.726. The van der Waals surface area contributed by atoms with Gasteiger partial charge in [0.05, 0.1) is 17.9 Å². The van der Waals surface area contributed by atoms with Gasteiger partial charge in [0.25, 0.3) is 5.91 Å². The number of hydrogen-bond acceptors (Lipinski definition) is 2. The zero-order chi connectivity index (χ0) is 14.8. The van der Waals surface area contributed by atoms with Crippen molar-refractivity contribution in [2.75, 3.05) is 18.1 Å². The molecule has 5 heteroatoms. The first kappa shape index (κ1) is 14.1. The highest BCUT2D eigenvalue weighted by atomic mass is 79.9. The number of benzene rings is 2. The molecule has 0 radical (unpaired) electrons. The minimum Gasteiger partial charge on any atom is -0.491 e. The van der Waals surface area contributed by atoms with Gasteiger partial charge in [-0.25, -0.2) is 4.39 Å². The fraction of sp³-hybridized carbons (Fsp3) is 0.188. The molecular weight excluding hydrogens is 337 g/mol. The summed E-state index contributed by atoms with van der Waals surface area (Å²) < 4.78 is 20.1. The Morgan fingerprint density at radius 3 is 2.81 bits per heavy atom. The van der Waals surface area contributed by atoms with Gasteiger partial charge in [0.2, 0.25) is 0 Å². The van der Waals surface area contributed by atoms with Crippen molar-refractivity contribution >= 4 is 27.5 Å². The molecule has 1 aliphatic heterocycles. The predicted molar refractivity (Wildman–Crippen MR) is 82.3 cm³/mol. The van der Waals surface area contributed by atoms with E-state index in [2.05, 4.69) is 15.9 Å². The van der Waals surface area contributed by atoms with E-state index in [1.54, 1.807) is 17.0 Å². The van der Waals surface area contributed by atoms with E-state index in [0.717, 1.165) is 0 Å². The molecule has 0 N–H and O–H groups in total. The van der Waals surface area contributed by atoms with Gasteiger partial charge in [-0.05, 0) is 46.6 Å². The number of carbonyl (C=O) groups excluding carboxylic acids is 1. The second-order valence-electron chi connectivity index (χ2n) is 4.72. The normalized spacial score (nSPS) is 14.1. The van der Waals surface area contributed by atoms with Gasteiger partial charge >= 0.3 is 0 Å². The van der Waals surface area contributed by atoms with E-state index in [9.17, 15) is 9.18 Å². The van der Waals surface area contributed by atoms with Crippen molar-refractivity contribution in [1.82, 2.24) is 0 Å². The minimum absolute atomic E-state index is 0.0502. The number of para-hydroxylation sites is 2. The number of hydrogen-bond donors (Lipinski definition) is 0. The maximum Gasteiger partial charge on any atom is 0.262 e. The number of amides is 1. The van der Waals surface area contributed by atoms with E-state index in [0.29, 0.717) is 35.5 Å². The molecule has 0 bridgehead atoms. The second kappa shape index (κ2) is 5.85. The Labute approximate surface area is 130 Å². The molecule has 1 amide bonds. The summed E-state index contributed by atoms with van der Waals surface area (Å²) in [6, 6.07) is 11.8. The molecule has 0 unspecified atom stereocenters. The molecule has 0 saturated carbocycles. The van der Waals surface area contributed by atoms with Crippen LogP contribution in [0.4, 0.5) is 10.1 Å². The third kappa shape index (κ3) is 2.65. The molecule has 1 aliphatic rings. The van der Waals surface area contributed by atoms with Crippen LogP contribution < -0.4 is 9.64 Å². The highest BCUT2D eigenvalue weighted by Gasteiger charge is 2.26. The van der Waals surface area contributed by atoms with E-state index in [-0.39, 0.29) is 11.5 Å². The molecule has 1 heterocycles. The van der Waals surface area contributed by atoms with Gasteiger partial charge in [0.15, 0.2) is 0 Å². The van der Waals surface area contributed by atoms with Crippen LogP contribution in [0.3, 0.4) is 0 Å². The first-order valence-electron chi connectivity index (χ1n) is 6.66. The number of rotatable bonds is 1. The number of anilines is 1. The Hall–Kier alpha value is -1.88. The standard InChI is InChI=1S/C16H13BrFNO2/c17-11-5-3-6-12(18)15(11)16(20)19-9-4-10-21-14-8-2-1-7-13(14)19/h1-3,5-8H,4,9-10H2. The zero-order valence-electron chi connectivity index (χ0n) is 11.2. The summed E-state index contributed by atoms with van der Waals surface area (Å²) in [6.07, 6.45) is 0.701. The molecule has 0 saturated heterocycles. The molecule has 0 spiro atoms. The summed E-state index contributed by atoms with van der Waals surface area (Å²) >= 11 is 3.26. The Kier molecular flexibility index (Phi) is 3.92. The first-order chi connectivity index (χ1) is 10.2. The van der Waals surface area contributed by atoms with Crippen LogP contribution in [0.2, 0.25) is 0 Å². The highest BCUT2D eigenvalue weighted by molar-refractivity contribution is 9.10. The molecule has 0 aromatic heterocycles. The first-order valence-corrected chi connectivity index (χ1v) is 7.45. The average molecular weight is 350 g/mol. The number of nitrogens with zero attached hydrogens (tertiary/aromatic N) is 1. The van der Waals surface area contributed by atoms with Crippen molar-refractivity contribution < 1.29 is 13.9 Å². The van der Waals surface area contributed by atoms with Crippen LogP contribution in [0.1, 0.15) is 16.8 Å². The van der Waals surface area contributed by atoms with Crippen molar-refractivity contribution in [2.24, 2.45) is 0 Å². The molecule has 3 nitrogen and oxygen atoms in total. The monoisotopic (exact) mass is 349 g/mol. The Morgan fingerprint density at radius 1 is 1.19 bits per heavy atom. The molecule has 0 atom stereocenters. The van der Waals surface area contributed by atoms with E-state index in [4.69, 9.17) is 4.74 Å². The fourth-order valence-corrected chi connectivity index (χ4v) is 2.89. The summed E-state index contributed by atoms with van der Waals surface area (Å²) in [5, 5.41) is 0. The summed E-state index contributed by atoms with van der Waals surface area (Å²) in [4.78, 5) is 14.3. The van der Waals surface area contributed by atoms with Gasteiger partial charge in [-0.2, -0.15) is 0 Å². The van der Waals surface area contributed by atoms with Crippen molar-refractivity contribution in [3.63, 3.8) is 0 Å². The highest BCUT2D eigenvalue weighted by Crippen LogP contribution is 2.33. The van der Waals surface area contributed by atoms with Gasteiger partial charge in [0.1, 0.15) is 11.6 Å². The molecule has 108 valence electrons. The van der Waals surface area contributed by atoms with Crippen LogP contribution in [0.15, 0.2) is 46.9 Å². The molecule has 2 aromatic rings. The van der Waals surface area contributed by atoms with Crippen LogP contribution in [-0.4, -0.2) is 19.1 Å². The summed E-state index contributed by atoms with van der Waals surface area (Å²) in [5.74, 6) is -0.245. The van der Waals surface area contributed by atoms with Gasteiger partial charge in [-0.15, -0.1) is 0 Å². The van der Waals surface area contributed by atoms with Crippen molar-refractivity contribution in [2.45, 2.75) is 6.42 Å². The molecule has 2 aromatic carbocycles. The Bertz CT molecular complexity index is 669. The molecular formula is C16H13BrFNO2. The average Bonchev–Trinajstić information content (AvgIpc) is 2.69. The topological polar surface area (TPSA) is 29.5 Å². The number of fused-ring (bicyclic) bond motifs is 1. The van der Waals surface area contributed by atoms with Crippen molar-refractivity contribution in [3.8, 4) is 5.75 Å². The van der Waals surface area contributed by atoms with Crippen LogP contribution in [0.5, 0.6) is 5.75 Å². The fourth-order valence-electron chi connectivity index (χ4n) is 2.38. The maximum absolute atomic E-state index is 14.0. The summed E-state index contributed by atoms with van der Waals surface area (Å²) in [6.45, 7) is 1.04. The largest absolute Gasteiger partial charge is 0.491 e. The van der Waals surface area contributed by atoms with Gasteiger partial charge in [-0.1, -0.05) is 18.2 Å². The lowest BCUT2D eigenvalue weighted by atomic mass is 10.1. The van der Waals surface area contributed by atoms with Crippen LogP contribution >= 0.6 is 15.9 Å². The van der Waals surface area contributed by atoms with E-state index < -0.39 is 5.82 Å². The smallest absolute Gasteiger partial charge is 0.262 e. The second-order valence-corrected chi connectivity index (χ2v) is 5.58. The van der Waals surface area contributed by atoms with Crippen LogP contribution in [-0.2, 0) is 0 Å². The van der Waals surface area contributed by atoms with Crippen molar-refractivity contribution in [3.05, 3.63) is 58.3 Å².